The maximum Gasteiger partial charge on any atom is 0.340 e. The Kier molecular flexibility index (Phi) is 3.98. The summed E-state index contributed by atoms with van der Waals surface area (Å²) in [5, 5.41) is 0. The molecule has 2 N–H and O–H groups in total. The highest BCUT2D eigenvalue weighted by Crippen LogP contribution is 2.35. The number of hydrogen-bond acceptors (Lipinski definition) is 4. The highest BCUT2D eigenvalue weighted by atomic mass is 16.5. The Balaban J connectivity index is 2.33. The molecule has 0 saturated heterocycles. The van der Waals surface area contributed by atoms with Gasteiger partial charge in [-0.2, -0.15) is 0 Å². The third-order valence-electron chi connectivity index (χ3n) is 3.57. The van der Waals surface area contributed by atoms with Crippen molar-refractivity contribution in [2.45, 2.75) is 32.7 Å². The molecule has 1 saturated carbocycles. The minimum Gasteiger partial charge on any atom is -0.465 e. The molecule has 1 aromatic carbocycles. The summed E-state index contributed by atoms with van der Waals surface area (Å²) in [6, 6.07) is 5.90. The zero-order valence-corrected chi connectivity index (χ0v) is 11.8. The molecule has 0 aromatic heterocycles. The van der Waals surface area contributed by atoms with Gasteiger partial charge in [-0.1, -0.05) is 6.07 Å². The second-order valence-corrected chi connectivity index (χ2v) is 5.42. The van der Waals surface area contributed by atoms with Crippen molar-refractivity contribution in [2.75, 3.05) is 24.3 Å². The first kappa shape index (κ1) is 13.7. The van der Waals surface area contributed by atoms with Crippen LogP contribution in [0.2, 0.25) is 0 Å². The van der Waals surface area contributed by atoms with Gasteiger partial charge in [0, 0.05) is 12.6 Å². The van der Waals surface area contributed by atoms with Crippen LogP contribution in [0.5, 0.6) is 0 Å². The van der Waals surface area contributed by atoms with Gasteiger partial charge >= 0.3 is 5.97 Å². The van der Waals surface area contributed by atoms with Crippen LogP contribution < -0.4 is 10.6 Å². The van der Waals surface area contributed by atoms with E-state index in [-0.39, 0.29) is 5.97 Å². The molecule has 1 aromatic rings. The van der Waals surface area contributed by atoms with Crippen molar-refractivity contribution in [3.05, 3.63) is 23.8 Å². The average Bonchev–Trinajstić information content (AvgIpc) is 3.19. The monoisotopic (exact) mass is 262 g/mol. The van der Waals surface area contributed by atoms with E-state index in [0.29, 0.717) is 17.3 Å². The Labute approximate surface area is 114 Å². The smallest absolute Gasteiger partial charge is 0.340 e. The fourth-order valence-corrected chi connectivity index (χ4v) is 2.26. The predicted molar refractivity (Wildman–Crippen MR) is 77.4 cm³/mol. The van der Waals surface area contributed by atoms with Crippen LogP contribution in [-0.4, -0.2) is 25.7 Å². The first-order valence-corrected chi connectivity index (χ1v) is 6.78. The molecule has 0 aliphatic heterocycles. The summed E-state index contributed by atoms with van der Waals surface area (Å²) >= 11 is 0. The topological polar surface area (TPSA) is 55.6 Å². The molecule has 0 heterocycles. The molecule has 0 amide bonds. The molecule has 2 rings (SSSR count). The zero-order valence-electron chi connectivity index (χ0n) is 11.8. The lowest BCUT2D eigenvalue weighted by molar-refractivity contribution is 0.0602. The van der Waals surface area contributed by atoms with Gasteiger partial charge in [0.15, 0.2) is 0 Å². The number of esters is 1. The van der Waals surface area contributed by atoms with E-state index in [2.05, 4.69) is 18.7 Å². The summed E-state index contributed by atoms with van der Waals surface area (Å²) in [7, 11) is 1.37. The number of para-hydroxylation sites is 1. The number of ether oxygens (including phenoxy) is 1. The number of nitrogens with zero attached hydrogens (tertiary/aromatic N) is 1. The fourth-order valence-electron chi connectivity index (χ4n) is 2.26. The molecule has 4 heteroatoms. The lowest BCUT2D eigenvalue weighted by Crippen LogP contribution is -2.33. The van der Waals surface area contributed by atoms with Crippen molar-refractivity contribution in [3.63, 3.8) is 0 Å². The summed E-state index contributed by atoms with van der Waals surface area (Å²) in [5.74, 6) is 0.387. The lowest BCUT2D eigenvalue weighted by atomic mass is 10.1. The second-order valence-electron chi connectivity index (χ2n) is 5.42. The van der Waals surface area contributed by atoms with Crippen molar-refractivity contribution >= 4 is 17.3 Å². The van der Waals surface area contributed by atoms with E-state index in [9.17, 15) is 4.79 Å². The summed E-state index contributed by atoms with van der Waals surface area (Å²) in [6.07, 6.45) is 2.58. The molecular formula is C15H22N2O2. The first-order chi connectivity index (χ1) is 9.04. The SMILES string of the molecule is COC(=O)c1cccc(N(CC2CC2)C(C)C)c1N. The molecule has 1 fully saturated rings. The molecule has 0 bridgehead atoms. The summed E-state index contributed by atoms with van der Waals surface area (Å²) in [5.41, 5.74) is 8.05. The van der Waals surface area contributed by atoms with E-state index in [1.165, 1.54) is 20.0 Å². The third-order valence-corrected chi connectivity index (χ3v) is 3.57. The number of carbonyl (C=O) groups is 1. The van der Waals surface area contributed by atoms with E-state index in [0.717, 1.165) is 18.2 Å². The van der Waals surface area contributed by atoms with Gasteiger partial charge in [0.2, 0.25) is 0 Å². The average molecular weight is 262 g/mol. The van der Waals surface area contributed by atoms with Gasteiger partial charge in [0.25, 0.3) is 0 Å². The molecule has 1 aliphatic rings. The maximum atomic E-state index is 11.7. The number of carbonyl (C=O) groups excluding carboxylic acids is 1. The number of rotatable bonds is 5. The minimum absolute atomic E-state index is 0.357. The van der Waals surface area contributed by atoms with E-state index in [4.69, 9.17) is 10.5 Å². The van der Waals surface area contributed by atoms with Crippen molar-refractivity contribution < 1.29 is 9.53 Å². The van der Waals surface area contributed by atoms with E-state index < -0.39 is 0 Å². The van der Waals surface area contributed by atoms with Crippen LogP contribution in [0.1, 0.15) is 37.0 Å². The molecule has 0 radical (unpaired) electrons. The fraction of sp³-hybridized carbons (Fsp3) is 0.533. The van der Waals surface area contributed by atoms with Gasteiger partial charge in [-0.3, -0.25) is 0 Å². The van der Waals surface area contributed by atoms with Gasteiger partial charge in [-0.25, -0.2) is 4.79 Å². The zero-order chi connectivity index (χ0) is 14.0. The Bertz CT molecular complexity index is 467. The molecular weight excluding hydrogens is 240 g/mol. The maximum absolute atomic E-state index is 11.7. The number of hydrogen-bond donors (Lipinski definition) is 1. The lowest BCUT2D eigenvalue weighted by Gasteiger charge is -2.30. The summed E-state index contributed by atoms with van der Waals surface area (Å²) < 4.78 is 4.77. The molecule has 0 spiro atoms. The Morgan fingerprint density at radius 1 is 1.47 bits per heavy atom. The third kappa shape index (κ3) is 3.00. The minimum atomic E-state index is -0.380. The molecule has 0 unspecified atom stereocenters. The quantitative estimate of drug-likeness (QED) is 0.654. The van der Waals surface area contributed by atoms with Crippen LogP contribution in [0.25, 0.3) is 0 Å². The summed E-state index contributed by atoms with van der Waals surface area (Å²) in [6.45, 7) is 5.30. The van der Waals surface area contributed by atoms with Crippen LogP contribution in [-0.2, 0) is 4.74 Å². The second kappa shape index (κ2) is 5.51. The highest BCUT2D eigenvalue weighted by molar-refractivity contribution is 5.98. The molecule has 19 heavy (non-hydrogen) atoms. The number of benzene rings is 1. The van der Waals surface area contributed by atoms with Gasteiger partial charge in [-0.05, 0) is 44.7 Å². The van der Waals surface area contributed by atoms with Gasteiger partial charge < -0.3 is 15.4 Å². The van der Waals surface area contributed by atoms with Crippen molar-refractivity contribution in [3.8, 4) is 0 Å². The molecule has 1 aliphatic carbocycles. The van der Waals surface area contributed by atoms with Crippen LogP contribution in [0.4, 0.5) is 11.4 Å². The number of nitrogens with two attached hydrogens (primary N) is 1. The van der Waals surface area contributed by atoms with E-state index in [1.54, 1.807) is 6.07 Å². The van der Waals surface area contributed by atoms with Crippen LogP contribution in [0.15, 0.2) is 18.2 Å². The van der Waals surface area contributed by atoms with Crippen LogP contribution in [0.3, 0.4) is 0 Å². The van der Waals surface area contributed by atoms with Crippen molar-refractivity contribution in [2.24, 2.45) is 5.92 Å². The number of anilines is 2. The molecule has 104 valence electrons. The number of methoxy groups -OCH3 is 1. The van der Waals surface area contributed by atoms with E-state index >= 15 is 0 Å². The normalized spacial score (nSPS) is 14.5. The molecule has 4 nitrogen and oxygen atoms in total. The molecule has 0 atom stereocenters. The largest absolute Gasteiger partial charge is 0.465 e. The Morgan fingerprint density at radius 2 is 2.16 bits per heavy atom. The first-order valence-electron chi connectivity index (χ1n) is 6.78. The predicted octanol–water partition coefficient (Wildman–Crippen LogP) is 2.68. The Morgan fingerprint density at radius 3 is 2.68 bits per heavy atom. The number of nitrogen functional groups attached to an aromatic ring is 1. The Hall–Kier alpha value is -1.71. The van der Waals surface area contributed by atoms with Crippen molar-refractivity contribution in [1.29, 1.82) is 0 Å². The van der Waals surface area contributed by atoms with E-state index in [1.807, 2.05) is 12.1 Å². The summed E-state index contributed by atoms with van der Waals surface area (Å²) in [4.78, 5) is 14.0. The van der Waals surface area contributed by atoms with Crippen LogP contribution >= 0.6 is 0 Å². The standard InChI is InChI=1S/C15H22N2O2/c1-10(2)17(9-11-7-8-11)13-6-4-5-12(14(13)16)15(18)19-3/h4-6,10-11H,7-9,16H2,1-3H3. The van der Waals surface area contributed by atoms with Gasteiger partial charge in [-0.15, -0.1) is 0 Å². The highest BCUT2D eigenvalue weighted by Gasteiger charge is 2.27. The van der Waals surface area contributed by atoms with Gasteiger partial charge in [0.1, 0.15) is 0 Å². The van der Waals surface area contributed by atoms with Crippen LogP contribution in [0, 0.1) is 5.92 Å². The van der Waals surface area contributed by atoms with Crippen molar-refractivity contribution in [1.82, 2.24) is 0 Å². The van der Waals surface area contributed by atoms with Gasteiger partial charge in [0.05, 0.1) is 24.0 Å².